The minimum Gasteiger partial charge on any atom is -0.389 e. The monoisotopic (exact) mass is 227 g/mol. The molecule has 0 saturated carbocycles. The summed E-state index contributed by atoms with van der Waals surface area (Å²) in [7, 11) is 0. The molecule has 0 radical (unpaired) electrons. The minimum atomic E-state index is -0.502. The molecular formula is C14H29NO. The van der Waals surface area contributed by atoms with Crippen LogP contribution in [0.4, 0.5) is 0 Å². The first-order chi connectivity index (χ1) is 7.47. The molecule has 2 heteroatoms. The minimum absolute atomic E-state index is 0.502. The fraction of sp³-hybridized carbons (Fsp3) is 1.00. The Balaban J connectivity index is 2.43. The molecule has 1 saturated heterocycles. The Morgan fingerprint density at radius 2 is 1.62 bits per heavy atom. The van der Waals surface area contributed by atoms with Crippen LogP contribution >= 0.6 is 0 Å². The molecule has 0 spiro atoms. The Morgan fingerprint density at radius 1 is 1.12 bits per heavy atom. The van der Waals surface area contributed by atoms with E-state index in [0.29, 0.717) is 5.41 Å². The Kier molecular flexibility index (Phi) is 4.81. The number of piperidine rings is 1. The zero-order valence-corrected chi connectivity index (χ0v) is 11.6. The predicted molar refractivity (Wildman–Crippen MR) is 69.6 cm³/mol. The van der Waals surface area contributed by atoms with E-state index < -0.39 is 5.60 Å². The van der Waals surface area contributed by atoms with Crippen molar-refractivity contribution in [3.05, 3.63) is 0 Å². The third kappa shape index (κ3) is 3.46. The molecule has 1 fully saturated rings. The number of aliphatic hydroxyl groups is 1. The van der Waals surface area contributed by atoms with E-state index in [0.717, 1.165) is 26.1 Å². The van der Waals surface area contributed by atoms with Crippen molar-refractivity contribution in [2.75, 3.05) is 19.6 Å². The van der Waals surface area contributed by atoms with Crippen molar-refractivity contribution in [3.63, 3.8) is 0 Å². The molecule has 0 aromatic heterocycles. The first kappa shape index (κ1) is 14.0. The van der Waals surface area contributed by atoms with Crippen LogP contribution in [-0.4, -0.2) is 35.2 Å². The number of likely N-dealkylation sites (tertiary alicyclic amines) is 1. The highest BCUT2D eigenvalue weighted by Crippen LogP contribution is 2.38. The molecule has 96 valence electrons. The summed E-state index contributed by atoms with van der Waals surface area (Å²) in [5.41, 5.74) is 0.0903. The molecule has 0 aromatic carbocycles. The number of hydrogen-bond donors (Lipinski definition) is 1. The zero-order valence-electron chi connectivity index (χ0n) is 11.6. The molecule has 2 nitrogen and oxygen atoms in total. The highest BCUT2D eigenvalue weighted by Gasteiger charge is 2.33. The van der Waals surface area contributed by atoms with Crippen molar-refractivity contribution in [3.8, 4) is 0 Å². The molecule has 16 heavy (non-hydrogen) atoms. The third-order valence-corrected chi connectivity index (χ3v) is 4.74. The van der Waals surface area contributed by atoms with E-state index >= 15 is 0 Å². The Bertz CT molecular complexity index is 199. The first-order valence-corrected chi connectivity index (χ1v) is 6.91. The Hall–Kier alpha value is -0.0800. The Labute approximate surface area is 101 Å². The van der Waals surface area contributed by atoms with Gasteiger partial charge < -0.3 is 10.0 Å². The van der Waals surface area contributed by atoms with E-state index in [1.807, 2.05) is 6.92 Å². The number of nitrogens with zero attached hydrogens (tertiary/aromatic N) is 1. The lowest BCUT2D eigenvalue weighted by Crippen LogP contribution is -2.46. The van der Waals surface area contributed by atoms with Crippen molar-refractivity contribution >= 4 is 0 Å². The lowest BCUT2D eigenvalue weighted by molar-refractivity contribution is -0.00623. The standard InChI is InChI=1S/C14H29NO/c1-5-13(4,16)12-15-10-8-14(6-2,7-3)9-11-15/h16H,5-12H2,1-4H3. The maximum Gasteiger partial charge on any atom is 0.0743 e. The summed E-state index contributed by atoms with van der Waals surface area (Å²) in [6, 6.07) is 0. The van der Waals surface area contributed by atoms with Gasteiger partial charge in [-0.05, 0) is 44.7 Å². The topological polar surface area (TPSA) is 23.5 Å². The molecule has 1 atom stereocenters. The van der Waals surface area contributed by atoms with Crippen LogP contribution in [0.5, 0.6) is 0 Å². The molecule has 1 aliphatic rings. The van der Waals surface area contributed by atoms with Gasteiger partial charge in [0, 0.05) is 6.54 Å². The second-order valence-electron chi connectivity index (χ2n) is 5.83. The summed E-state index contributed by atoms with van der Waals surface area (Å²) in [6.07, 6.45) is 6.07. The predicted octanol–water partition coefficient (Wildman–Crippen LogP) is 3.05. The SMILES string of the molecule is CCC(C)(O)CN1CCC(CC)(CC)CC1. The van der Waals surface area contributed by atoms with Crippen LogP contribution in [0, 0.1) is 5.41 Å². The van der Waals surface area contributed by atoms with Crippen molar-refractivity contribution in [1.29, 1.82) is 0 Å². The lowest BCUT2D eigenvalue weighted by Gasteiger charge is -2.43. The fourth-order valence-electron chi connectivity index (χ4n) is 2.74. The number of β-amino-alcohol motifs (C(OH)–C–C–N with tert-alkyl or cyclic N) is 1. The maximum atomic E-state index is 10.1. The molecule has 1 unspecified atom stereocenters. The van der Waals surface area contributed by atoms with Crippen LogP contribution in [0.3, 0.4) is 0 Å². The van der Waals surface area contributed by atoms with Gasteiger partial charge in [0.1, 0.15) is 0 Å². The maximum absolute atomic E-state index is 10.1. The molecule has 1 rings (SSSR count). The van der Waals surface area contributed by atoms with Gasteiger partial charge in [-0.25, -0.2) is 0 Å². The molecule has 0 aliphatic carbocycles. The van der Waals surface area contributed by atoms with Crippen LogP contribution < -0.4 is 0 Å². The van der Waals surface area contributed by atoms with Crippen molar-refractivity contribution in [2.24, 2.45) is 5.41 Å². The van der Waals surface area contributed by atoms with Gasteiger partial charge in [0.05, 0.1) is 5.60 Å². The fourth-order valence-corrected chi connectivity index (χ4v) is 2.74. The van der Waals surface area contributed by atoms with E-state index in [9.17, 15) is 5.11 Å². The Morgan fingerprint density at radius 3 is 2.00 bits per heavy atom. The van der Waals surface area contributed by atoms with Crippen molar-refractivity contribution in [2.45, 2.75) is 65.4 Å². The largest absolute Gasteiger partial charge is 0.389 e. The summed E-state index contributed by atoms with van der Waals surface area (Å²) in [4.78, 5) is 2.44. The molecule has 1 aliphatic heterocycles. The smallest absolute Gasteiger partial charge is 0.0743 e. The van der Waals surface area contributed by atoms with E-state index in [4.69, 9.17) is 0 Å². The van der Waals surface area contributed by atoms with Gasteiger partial charge in [-0.1, -0.05) is 33.6 Å². The molecule has 0 aromatic rings. The van der Waals surface area contributed by atoms with Crippen LogP contribution in [0.25, 0.3) is 0 Å². The van der Waals surface area contributed by atoms with E-state index in [1.165, 1.54) is 25.7 Å². The van der Waals surface area contributed by atoms with Crippen LogP contribution in [0.2, 0.25) is 0 Å². The second-order valence-corrected chi connectivity index (χ2v) is 5.83. The average Bonchev–Trinajstić information content (AvgIpc) is 2.30. The van der Waals surface area contributed by atoms with Crippen LogP contribution in [0.1, 0.15) is 59.8 Å². The van der Waals surface area contributed by atoms with Gasteiger partial charge in [-0.15, -0.1) is 0 Å². The van der Waals surface area contributed by atoms with E-state index in [1.54, 1.807) is 0 Å². The zero-order chi connectivity index (χ0) is 12.2. The highest BCUT2D eigenvalue weighted by molar-refractivity contribution is 4.86. The summed E-state index contributed by atoms with van der Waals surface area (Å²) in [5.74, 6) is 0. The van der Waals surface area contributed by atoms with Gasteiger partial charge in [-0.3, -0.25) is 0 Å². The van der Waals surface area contributed by atoms with Gasteiger partial charge in [0.15, 0.2) is 0 Å². The molecular weight excluding hydrogens is 198 g/mol. The summed E-state index contributed by atoms with van der Waals surface area (Å²) in [5, 5.41) is 10.1. The van der Waals surface area contributed by atoms with Gasteiger partial charge in [0.25, 0.3) is 0 Å². The third-order valence-electron chi connectivity index (χ3n) is 4.74. The summed E-state index contributed by atoms with van der Waals surface area (Å²) in [6.45, 7) is 11.8. The van der Waals surface area contributed by atoms with Crippen molar-refractivity contribution < 1.29 is 5.11 Å². The quantitative estimate of drug-likeness (QED) is 0.780. The van der Waals surface area contributed by atoms with E-state index in [-0.39, 0.29) is 0 Å². The molecule has 1 N–H and O–H groups in total. The molecule has 0 amide bonds. The highest BCUT2D eigenvalue weighted by atomic mass is 16.3. The molecule has 1 heterocycles. The normalized spacial score (nSPS) is 25.3. The lowest BCUT2D eigenvalue weighted by atomic mass is 9.74. The average molecular weight is 227 g/mol. The van der Waals surface area contributed by atoms with Gasteiger partial charge in [-0.2, -0.15) is 0 Å². The first-order valence-electron chi connectivity index (χ1n) is 6.91. The molecule has 0 bridgehead atoms. The van der Waals surface area contributed by atoms with Crippen LogP contribution in [0.15, 0.2) is 0 Å². The number of hydrogen-bond acceptors (Lipinski definition) is 2. The van der Waals surface area contributed by atoms with Crippen LogP contribution in [-0.2, 0) is 0 Å². The van der Waals surface area contributed by atoms with Crippen molar-refractivity contribution in [1.82, 2.24) is 4.90 Å². The van der Waals surface area contributed by atoms with E-state index in [2.05, 4.69) is 25.7 Å². The summed E-state index contributed by atoms with van der Waals surface area (Å²) < 4.78 is 0. The second kappa shape index (κ2) is 5.50. The summed E-state index contributed by atoms with van der Waals surface area (Å²) >= 11 is 0. The van der Waals surface area contributed by atoms with Gasteiger partial charge in [0.2, 0.25) is 0 Å². The van der Waals surface area contributed by atoms with Gasteiger partial charge >= 0.3 is 0 Å². The number of rotatable bonds is 5.